The first-order chi connectivity index (χ1) is 14.9. The Bertz CT molecular complexity index is 757. The van der Waals surface area contributed by atoms with E-state index < -0.39 is 0 Å². The highest BCUT2D eigenvalue weighted by Gasteiger charge is 2.33. The highest BCUT2D eigenvalue weighted by atomic mass is 16.2. The topological polar surface area (TPSA) is 82.3 Å². The first-order valence-corrected chi connectivity index (χ1v) is 12.1. The maximum absolute atomic E-state index is 12.6. The first-order valence-electron chi connectivity index (χ1n) is 12.1. The van der Waals surface area contributed by atoms with Gasteiger partial charge in [0.2, 0.25) is 0 Å². The largest absolute Gasteiger partial charge is 0.335 e. The van der Waals surface area contributed by atoms with E-state index in [0.717, 1.165) is 25.7 Å². The Balaban J connectivity index is 1.51. The summed E-state index contributed by atoms with van der Waals surface area (Å²) in [6.45, 7) is 13.6. The molecule has 0 spiro atoms. The fourth-order valence-corrected chi connectivity index (χ4v) is 6.29. The van der Waals surface area contributed by atoms with Gasteiger partial charge in [-0.15, -0.1) is 0 Å². The highest BCUT2D eigenvalue weighted by Crippen LogP contribution is 2.39. The average Bonchev–Trinajstić information content (AvgIpc) is 2.57. The van der Waals surface area contributed by atoms with Gasteiger partial charge < -0.3 is 21.3 Å². The molecule has 4 amide bonds. The lowest BCUT2D eigenvalue weighted by Gasteiger charge is -2.39. The SMILES string of the molecule is C[C@@H]1C[C@H](NC(=O)Nc2cccc(NC(=O)N[C@H]3C[C@H](C)CC(C)(C)C3)c2)CC(C)(C)C1. The monoisotopic (exact) mass is 442 g/mol. The Morgan fingerprint density at radius 3 is 1.53 bits per heavy atom. The van der Waals surface area contributed by atoms with E-state index in [0.29, 0.717) is 23.2 Å². The van der Waals surface area contributed by atoms with E-state index in [2.05, 4.69) is 62.8 Å². The Hall–Kier alpha value is -2.24. The summed E-state index contributed by atoms with van der Waals surface area (Å²) >= 11 is 0. The van der Waals surface area contributed by atoms with Crippen molar-refractivity contribution in [3.63, 3.8) is 0 Å². The van der Waals surface area contributed by atoms with Crippen LogP contribution in [0.1, 0.15) is 80.1 Å². The van der Waals surface area contributed by atoms with Gasteiger partial charge in [0.15, 0.2) is 0 Å². The van der Waals surface area contributed by atoms with Crippen molar-refractivity contribution in [2.75, 3.05) is 10.6 Å². The summed E-state index contributed by atoms with van der Waals surface area (Å²) in [5.74, 6) is 1.21. The second kappa shape index (κ2) is 9.72. The molecule has 2 aliphatic carbocycles. The maximum Gasteiger partial charge on any atom is 0.319 e. The van der Waals surface area contributed by atoms with Crippen LogP contribution in [0.25, 0.3) is 0 Å². The van der Waals surface area contributed by atoms with Crippen LogP contribution in [0.2, 0.25) is 0 Å². The molecule has 0 saturated heterocycles. The first kappa shape index (κ1) is 24.4. The van der Waals surface area contributed by atoms with Crippen molar-refractivity contribution in [1.82, 2.24) is 10.6 Å². The van der Waals surface area contributed by atoms with Gasteiger partial charge in [0.05, 0.1) is 0 Å². The van der Waals surface area contributed by atoms with Gasteiger partial charge >= 0.3 is 12.1 Å². The number of nitrogens with one attached hydrogen (secondary N) is 4. The fourth-order valence-electron chi connectivity index (χ4n) is 6.29. The van der Waals surface area contributed by atoms with E-state index in [1.807, 2.05) is 18.2 Å². The van der Waals surface area contributed by atoms with E-state index in [9.17, 15) is 9.59 Å². The van der Waals surface area contributed by atoms with Crippen LogP contribution in [0.3, 0.4) is 0 Å². The van der Waals surface area contributed by atoms with Crippen LogP contribution in [-0.4, -0.2) is 24.1 Å². The lowest BCUT2D eigenvalue weighted by atomic mass is 9.70. The van der Waals surface area contributed by atoms with Crippen molar-refractivity contribution in [3.8, 4) is 0 Å². The number of benzene rings is 1. The van der Waals surface area contributed by atoms with E-state index in [1.165, 1.54) is 12.8 Å². The van der Waals surface area contributed by atoms with Gasteiger partial charge in [0.1, 0.15) is 0 Å². The van der Waals surface area contributed by atoms with Crippen molar-refractivity contribution in [2.24, 2.45) is 22.7 Å². The molecule has 0 aromatic heterocycles. The van der Waals surface area contributed by atoms with Gasteiger partial charge in [-0.1, -0.05) is 47.6 Å². The Kier molecular flexibility index (Phi) is 7.41. The molecule has 4 atom stereocenters. The van der Waals surface area contributed by atoms with Gasteiger partial charge in [-0.2, -0.15) is 0 Å². The number of rotatable bonds is 4. The van der Waals surface area contributed by atoms with E-state index in [1.54, 1.807) is 6.07 Å². The molecule has 0 aliphatic heterocycles. The standard InChI is InChI=1S/C26H42N4O2/c1-17-10-21(15-25(3,4)13-17)29-23(31)27-19-8-7-9-20(12-19)28-24(32)30-22-11-18(2)14-26(5,6)16-22/h7-9,12,17-18,21-22H,10-11,13-16H2,1-6H3,(H2,27,29,31)(H2,28,30,32)/t17-,18+,21-,22-/m0/s1. The smallest absolute Gasteiger partial charge is 0.319 e. The third-order valence-corrected chi connectivity index (χ3v) is 6.82. The molecule has 6 heteroatoms. The van der Waals surface area contributed by atoms with Crippen molar-refractivity contribution in [1.29, 1.82) is 0 Å². The summed E-state index contributed by atoms with van der Waals surface area (Å²) in [5.41, 5.74) is 1.82. The summed E-state index contributed by atoms with van der Waals surface area (Å²) < 4.78 is 0. The van der Waals surface area contributed by atoms with Gasteiger partial charge in [0.25, 0.3) is 0 Å². The molecule has 3 rings (SSSR count). The molecule has 0 heterocycles. The quantitative estimate of drug-likeness (QED) is 0.437. The lowest BCUT2D eigenvalue weighted by molar-refractivity contribution is 0.154. The van der Waals surface area contributed by atoms with E-state index in [-0.39, 0.29) is 35.0 Å². The van der Waals surface area contributed by atoms with Gasteiger partial charge in [-0.25, -0.2) is 9.59 Å². The van der Waals surface area contributed by atoms with Crippen molar-refractivity contribution >= 4 is 23.4 Å². The minimum absolute atomic E-state index is 0.183. The lowest BCUT2D eigenvalue weighted by Crippen LogP contribution is -2.44. The number of hydrogen-bond donors (Lipinski definition) is 4. The summed E-state index contributed by atoms with van der Waals surface area (Å²) in [4.78, 5) is 25.1. The van der Waals surface area contributed by atoms with Gasteiger partial charge in [-0.05, 0) is 79.4 Å². The molecule has 1 aromatic carbocycles. The number of amides is 4. The van der Waals surface area contributed by atoms with Crippen molar-refractivity contribution in [2.45, 2.75) is 92.2 Å². The number of hydrogen-bond acceptors (Lipinski definition) is 2. The molecular weight excluding hydrogens is 400 g/mol. The zero-order chi connectivity index (χ0) is 23.5. The molecule has 32 heavy (non-hydrogen) atoms. The Morgan fingerprint density at radius 1 is 0.750 bits per heavy atom. The predicted octanol–water partition coefficient (Wildman–Crippen LogP) is 6.36. The Morgan fingerprint density at radius 2 is 1.16 bits per heavy atom. The zero-order valence-electron chi connectivity index (χ0n) is 20.7. The zero-order valence-corrected chi connectivity index (χ0v) is 20.7. The fraction of sp³-hybridized carbons (Fsp3) is 0.692. The van der Waals surface area contributed by atoms with Crippen LogP contribution in [0.5, 0.6) is 0 Å². The molecule has 4 N–H and O–H groups in total. The maximum atomic E-state index is 12.6. The number of carbonyl (C=O) groups excluding carboxylic acids is 2. The van der Waals surface area contributed by atoms with Crippen LogP contribution in [0, 0.1) is 22.7 Å². The van der Waals surface area contributed by atoms with E-state index in [4.69, 9.17) is 0 Å². The second-order valence-electron chi connectivity index (χ2n) is 12.0. The highest BCUT2D eigenvalue weighted by molar-refractivity contribution is 5.93. The van der Waals surface area contributed by atoms with Crippen LogP contribution < -0.4 is 21.3 Å². The van der Waals surface area contributed by atoms with Crippen molar-refractivity contribution in [3.05, 3.63) is 24.3 Å². The van der Waals surface area contributed by atoms with Gasteiger partial charge in [-0.3, -0.25) is 0 Å². The molecule has 2 saturated carbocycles. The average molecular weight is 443 g/mol. The van der Waals surface area contributed by atoms with E-state index >= 15 is 0 Å². The normalized spacial score (nSPS) is 28.9. The number of carbonyl (C=O) groups is 2. The molecule has 178 valence electrons. The molecular formula is C26H42N4O2. The number of urea groups is 2. The summed E-state index contributed by atoms with van der Waals surface area (Å²) in [6.07, 6.45) is 6.39. The number of anilines is 2. The summed E-state index contributed by atoms with van der Waals surface area (Å²) in [6, 6.07) is 7.27. The molecule has 2 aliphatic rings. The van der Waals surface area contributed by atoms with Crippen LogP contribution in [-0.2, 0) is 0 Å². The minimum atomic E-state index is -0.195. The molecule has 1 aromatic rings. The third kappa shape index (κ3) is 7.42. The third-order valence-electron chi connectivity index (χ3n) is 6.82. The van der Waals surface area contributed by atoms with Crippen LogP contribution in [0.4, 0.5) is 21.0 Å². The second-order valence-corrected chi connectivity index (χ2v) is 12.0. The Labute approximate surface area is 193 Å². The molecule has 0 radical (unpaired) electrons. The summed E-state index contributed by atoms with van der Waals surface area (Å²) in [7, 11) is 0. The molecule has 6 nitrogen and oxygen atoms in total. The van der Waals surface area contributed by atoms with Crippen molar-refractivity contribution < 1.29 is 9.59 Å². The molecule has 2 fully saturated rings. The molecule has 0 unspecified atom stereocenters. The summed E-state index contributed by atoms with van der Waals surface area (Å²) in [5, 5.41) is 12.1. The minimum Gasteiger partial charge on any atom is -0.335 e. The van der Waals surface area contributed by atoms with Gasteiger partial charge in [0, 0.05) is 23.5 Å². The predicted molar refractivity (Wildman–Crippen MR) is 132 cm³/mol. The van der Waals surface area contributed by atoms with Crippen LogP contribution in [0.15, 0.2) is 24.3 Å². The molecule has 0 bridgehead atoms. The van der Waals surface area contributed by atoms with Crippen LogP contribution >= 0.6 is 0 Å².